The number of hydrogen-bond acceptors (Lipinski definition) is 2. The Morgan fingerprint density at radius 3 is 2.85 bits per heavy atom. The minimum absolute atomic E-state index is 0.124. The Kier molecular flexibility index (Phi) is 3.17. The predicted octanol–water partition coefficient (Wildman–Crippen LogP) is 1.51. The highest BCUT2D eigenvalue weighted by molar-refractivity contribution is 5.26. The Bertz CT molecular complexity index is 313. The number of anilines is 1. The van der Waals surface area contributed by atoms with Crippen molar-refractivity contribution in [2.24, 2.45) is 0 Å². The molecule has 4 nitrogen and oxygen atoms in total. The fourth-order valence-electron chi connectivity index (χ4n) is 1.41. The van der Waals surface area contributed by atoms with Crippen molar-refractivity contribution in [3.8, 4) is 0 Å². The lowest BCUT2D eigenvalue weighted by Crippen LogP contribution is -2.12. The molecular formula is C9H17N3O. The molecule has 0 unspecified atom stereocenters. The normalized spacial score (nSPS) is 13.1. The van der Waals surface area contributed by atoms with Crippen LogP contribution >= 0.6 is 0 Å². The second-order valence-electron chi connectivity index (χ2n) is 3.41. The van der Waals surface area contributed by atoms with Crippen molar-refractivity contribution in [1.29, 1.82) is 0 Å². The summed E-state index contributed by atoms with van der Waals surface area (Å²) in [7, 11) is 0. The molecule has 0 saturated carbocycles. The first kappa shape index (κ1) is 9.89. The summed E-state index contributed by atoms with van der Waals surface area (Å²) in [5, 5.41) is 2.69. The maximum Gasteiger partial charge on any atom is 0.266 e. The molecule has 13 heavy (non-hydrogen) atoms. The lowest BCUT2D eigenvalue weighted by atomic mass is 10.1. The summed E-state index contributed by atoms with van der Waals surface area (Å²) in [4.78, 5) is 10.9. The van der Waals surface area contributed by atoms with Crippen LogP contribution in [0.3, 0.4) is 0 Å². The molecule has 1 rings (SSSR count). The molecule has 1 aromatic heterocycles. The van der Waals surface area contributed by atoms with Crippen LogP contribution in [0.4, 0.5) is 5.82 Å². The van der Waals surface area contributed by atoms with Crippen LogP contribution in [-0.2, 0) is 0 Å². The van der Waals surface area contributed by atoms with Crippen molar-refractivity contribution < 1.29 is 0 Å². The molecule has 0 aliphatic rings. The third kappa shape index (κ3) is 2.37. The van der Waals surface area contributed by atoms with Crippen LogP contribution in [0.5, 0.6) is 0 Å². The first-order chi connectivity index (χ1) is 6.15. The second kappa shape index (κ2) is 4.16. The van der Waals surface area contributed by atoms with E-state index in [1.807, 2.05) is 0 Å². The Morgan fingerprint density at radius 1 is 1.69 bits per heavy atom. The van der Waals surface area contributed by atoms with Gasteiger partial charge in [-0.05, 0) is 13.3 Å². The third-order valence-corrected chi connectivity index (χ3v) is 2.20. The zero-order valence-electron chi connectivity index (χ0n) is 8.21. The zero-order chi connectivity index (χ0) is 9.84. The van der Waals surface area contributed by atoms with Gasteiger partial charge >= 0.3 is 0 Å². The summed E-state index contributed by atoms with van der Waals surface area (Å²) in [6, 6.07) is 1.70. The van der Waals surface area contributed by atoms with Crippen molar-refractivity contribution in [3.05, 3.63) is 16.4 Å². The number of nitrogens with zero attached hydrogens (tertiary/aromatic N) is 1. The molecule has 0 saturated heterocycles. The van der Waals surface area contributed by atoms with E-state index in [-0.39, 0.29) is 11.6 Å². The van der Waals surface area contributed by atoms with E-state index >= 15 is 0 Å². The van der Waals surface area contributed by atoms with Crippen LogP contribution < -0.4 is 11.3 Å². The fraction of sp³-hybridized carbons (Fsp3) is 0.667. The van der Waals surface area contributed by atoms with E-state index in [1.54, 1.807) is 4.68 Å². The smallest absolute Gasteiger partial charge is 0.266 e. The van der Waals surface area contributed by atoms with E-state index in [0.717, 1.165) is 19.3 Å². The maximum absolute atomic E-state index is 10.9. The predicted molar refractivity (Wildman–Crippen MR) is 53.7 cm³/mol. The van der Waals surface area contributed by atoms with Crippen molar-refractivity contribution in [1.82, 2.24) is 9.78 Å². The van der Waals surface area contributed by atoms with Crippen molar-refractivity contribution in [2.75, 3.05) is 5.73 Å². The molecule has 0 aliphatic heterocycles. The average molecular weight is 183 g/mol. The van der Waals surface area contributed by atoms with Gasteiger partial charge in [0.2, 0.25) is 0 Å². The summed E-state index contributed by atoms with van der Waals surface area (Å²) in [5.41, 5.74) is 5.52. The average Bonchev–Trinajstić information content (AvgIpc) is 2.41. The number of nitrogens with one attached hydrogen (secondary N) is 1. The third-order valence-electron chi connectivity index (χ3n) is 2.20. The molecule has 0 radical (unpaired) electrons. The molecule has 4 heteroatoms. The van der Waals surface area contributed by atoms with Gasteiger partial charge in [0.15, 0.2) is 0 Å². The minimum Gasteiger partial charge on any atom is -0.384 e. The number of nitrogen functional groups attached to an aromatic ring is 1. The molecule has 0 spiro atoms. The van der Waals surface area contributed by atoms with Crippen molar-refractivity contribution >= 4 is 5.82 Å². The highest BCUT2D eigenvalue weighted by atomic mass is 16.1. The van der Waals surface area contributed by atoms with E-state index in [9.17, 15) is 4.79 Å². The maximum atomic E-state index is 10.9. The number of aromatic nitrogens is 2. The molecule has 1 heterocycles. The van der Waals surface area contributed by atoms with Crippen LogP contribution in [-0.4, -0.2) is 9.78 Å². The van der Waals surface area contributed by atoms with Gasteiger partial charge in [-0.25, -0.2) is 0 Å². The molecular weight excluding hydrogens is 166 g/mol. The first-order valence-electron chi connectivity index (χ1n) is 4.72. The Balaban J connectivity index is 2.70. The van der Waals surface area contributed by atoms with Gasteiger partial charge in [-0.3, -0.25) is 14.6 Å². The van der Waals surface area contributed by atoms with Gasteiger partial charge < -0.3 is 5.73 Å². The summed E-state index contributed by atoms with van der Waals surface area (Å²) >= 11 is 0. The van der Waals surface area contributed by atoms with Gasteiger partial charge in [-0.15, -0.1) is 0 Å². The van der Waals surface area contributed by atoms with E-state index in [0.29, 0.717) is 5.82 Å². The van der Waals surface area contributed by atoms with Crippen molar-refractivity contribution in [3.63, 3.8) is 0 Å². The molecule has 0 fully saturated rings. The largest absolute Gasteiger partial charge is 0.384 e. The number of hydrogen-bond donors (Lipinski definition) is 2. The number of rotatable bonds is 4. The first-order valence-corrected chi connectivity index (χ1v) is 4.72. The monoisotopic (exact) mass is 183 g/mol. The van der Waals surface area contributed by atoms with Gasteiger partial charge in [0.05, 0.1) is 0 Å². The molecule has 0 aliphatic carbocycles. The van der Waals surface area contributed by atoms with E-state index in [2.05, 4.69) is 18.9 Å². The number of unbranched alkanes of at least 4 members (excludes halogenated alkanes) is 1. The van der Waals surface area contributed by atoms with Crippen LogP contribution in [0, 0.1) is 0 Å². The lowest BCUT2D eigenvalue weighted by Gasteiger charge is -2.13. The van der Waals surface area contributed by atoms with Gasteiger partial charge in [-0.2, -0.15) is 0 Å². The van der Waals surface area contributed by atoms with Gasteiger partial charge in [0.25, 0.3) is 5.56 Å². The summed E-state index contributed by atoms with van der Waals surface area (Å²) < 4.78 is 1.73. The topological polar surface area (TPSA) is 63.8 Å². The van der Waals surface area contributed by atoms with Gasteiger partial charge in [0.1, 0.15) is 5.82 Å². The summed E-state index contributed by atoms with van der Waals surface area (Å²) in [5.74, 6) is 0.522. The number of aromatic amines is 1. The molecule has 0 amide bonds. The second-order valence-corrected chi connectivity index (χ2v) is 3.41. The molecule has 0 bridgehead atoms. The fourth-order valence-corrected chi connectivity index (χ4v) is 1.41. The molecule has 1 aromatic rings. The molecule has 3 N–H and O–H groups in total. The van der Waals surface area contributed by atoms with Gasteiger partial charge in [0, 0.05) is 12.1 Å². The Hall–Kier alpha value is -1.19. The molecule has 1 atom stereocenters. The molecule has 74 valence electrons. The molecule has 0 aromatic carbocycles. The highest BCUT2D eigenvalue weighted by Gasteiger charge is 2.07. The Morgan fingerprint density at radius 2 is 2.38 bits per heavy atom. The number of nitrogens with two attached hydrogens (primary N) is 1. The quantitative estimate of drug-likeness (QED) is 0.743. The SMILES string of the molecule is CCCC[C@H](C)n1[nH]c(=O)cc1N. The minimum atomic E-state index is -0.124. The van der Waals surface area contributed by atoms with Gasteiger partial charge in [-0.1, -0.05) is 19.8 Å². The van der Waals surface area contributed by atoms with Crippen LogP contribution in [0.1, 0.15) is 39.2 Å². The van der Waals surface area contributed by atoms with Crippen LogP contribution in [0.2, 0.25) is 0 Å². The van der Waals surface area contributed by atoms with Crippen LogP contribution in [0.25, 0.3) is 0 Å². The van der Waals surface area contributed by atoms with Crippen molar-refractivity contribution in [2.45, 2.75) is 39.2 Å². The Labute approximate surface area is 77.7 Å². The van der Waals surface area contributed by atoms with E-state index < -0.39 is 0 Å². The van der Waals surface area contributed by atoms with E-state index in [1.165, 1.54) is 6.07 Å². The van der Waals surface area contributed by atoms with Crippen LogP contribution in [0.15, 0.2) is 10.9 Å². The number of H-pyrrole nitrogens is 1. The zero-order valence-corrected chi connectivity index (χ0v) is 8.21. The summed E-state index contributed by atoms with van der Waals surface area (Å²) in [6.07, 6.45) is 3.36. The van der Waals surface area contributed by atoms with E-state index in [4.69, 9.17) is 5.73 Å². The summed E-state index contributed by atoms with van der Waals surface area (Å²) in [6.45, 7) is 4.20. The highest BCUT2D eigenvalue weighted by Crippen LogP contribution is 2.15. The lowest BCUT2D eigenvalue weighted by molar-refractivity contribution is 0.447. The standard InChI is InChI=1S/C9H17N3O/c1-3-4-5-7(2)12-8(10)6-9(13)11-12/h6-7H,3-5,10H2,1-2H3,(H,11,13)/t7-/m0/s1.